The number of anilines is 1. The Balaban J connectivity index is 1.43. The summed E-state index contributed by atoms with van der Waals surface area (Å²) in [6, 6.07) is 10.2. The third-order valence-electron chi connectivity index (χ3n) is 4.64. The number of rotatable bonds is 4. The molecule has 29 heavy (non-hydrogen) atoms. The molecule has 8 heteroatoms. The molecule has 2 aromatic carbocycles. The first-order chi connectivity index (χ1) is 13.9. The topological polar surface area (TPSA) is 69.0 Å². The van der Waals surface area contributed by atoms with Crippen molar-refractivity contribution in [2.24, 2.45) is 7.05 Å². The van der Waals surface area contributed by atoms with E-state index >= 15 is 0 Å². The fraction of sp³-hybridized carbons (Fsp3) is 0.190. The van der Waals surface area contributed by atoms with Crippen LogP contribution in [0.25, 0.3) is 21.5 Å². The lowest BCUT2D eigenvalue weighted by molar-refractivity contribution is 0.156. The van der Waals surface area contributed by atoms with Gasteiger partial charge in [0.15, 0.2) is 0 Å². The Morgan fingerprint density at radius 2 is 2.07 bits per heavy atom. The predicted molar refractivity (Wildman–Crippen MR) is 112 cm³/mol. The molecule has 0 aliphatic rings. The Morgan fingerprint density at radius 3 is 2.86 bits per heavy atom. The zero-order valence-corrected chi connectivity index (χ0v) is 17.0. The van der Waals surface area contributed by atoms with Crippen LogP contribution in [0.2, 0.25) is 0 Å². The molecule has 0 saturated carbocycles. The largest absolute Gasteiger partial charge is 0.444 e. The molecule has 1 N–H and O–H groups in total. The lowest BCUT2D eigenvalue weighted by Crippen LogP contribution is -2.13. The van der Waals surface area contributed by atoms with Crippen molar-refractivity contribution in [3.63, 3.8) is 0 Å². The number of nitrogens with one attached hydrogen (secondary N) is 1. The molecule has 6 nitrogen and oxygen atoms in total. The number of benzene rings is 2. The molecule has 0 bridgehead atoms. The second-order valence-electron chi connectivity index (χ2n) is 6.73. The van der Waals surface area contributed by atoms with E-state index in [9.17, 15) is 9.18 Å². The molecule has 0 aliphatic heterocycles. The fourth-order valence-corrected chi connectivity index (χ4v) is 4.14. The van der Waals surface area contributed by atoms with E-state index in [2.05, 4.69) is 15.4 Å². The summed E-state index contributed by atoms with van der Waals surface area (Å²) in [5.74, 6) is -0.274. The molecule has 2 heterocycles. The second kappa shape index (κ2) is 7.63. The first-order valence-corrected chi connectivity index (χ1v) is 9.81. The number of ether oxygens (including phenoxy) is 1. The van der Waals surface area contributed by atoms with Gasteiger partial charge in [-0.05, 0) is 55.8 Å². The van der Waals surface area contributed by atoms with Crippen LogP contribution in [0.5, 0.6) is 0 Å². The zero-order chi connectivity index (χ0) is 20.5. The molecule has 4 rings (SSSR count). The van der Waals surface area contributed by atoms with Gasteiger partial charge in [0.05, 0.1) is 22.3 Å². The average molecular weight is 410 g/mol. The standard InChI is InChI=1S/C21H19FN4O2S/c1-12-8-15(22)4-6-17(12)20-24-13(2)19(29-20)11-28-21(27)25-16-5-7-18-14(9-16)10-23-26(18)3/h4-10H,11H2,1-3H3,(H,25,27). The first-order valence-electron chi connectivity index (χ1n) is 8.99. The van der Waals surface area contributed by atoms with Gasteiger partial charge in [-0.3, -0.25) is 10.00 Å². The van der Waals surface area contributed by atoms with E-state index in [0.717, 1.165) is 37.6 Å². The van der Waals surface area contributed by atoms with E-state index in [1.54, 1.807) is 23.0 Å². The van der Waals surface area contributed by atoms with Gasteiger partial charge in [-0.25, -0.2) is 14.2 Å². The van der Waals surface area contributed by atoms with Crippen molar-refractivity contribution in [1.82, 2.24) is 14.8 Å². The molecule has 4 aromatic rings. The number of halogens is 1. The highest BCUT2D eigenvalue weighted by molar-refractivity contribution is 7.15. The van der Waals surface area contributed by atoms with Gasteiger partial charge in [0.25, 0.3) is 0 Å². The molecule has 148 valence electrons. The van der Waals surface area contributed by atoms with Gasteiger partial charge in [-0.1, -0.05) is 0 Å². The number of hydrogen-bond acceptors (Lipinski definition) is 5. The van der Waals surface area contributed by atoms with Gasteiger partial charge in [-0.15, -0.1) is 11.3 Å². The summed E-state index contributed by atoms with van der Waals surface area (Å²) < 4.78 is 20.5. The van der Waals surface area contributed by atoms with Crippen molar-refractivity contribution in [2.45, 2.75) is 20.5 Å². The van der Waals surface area contributed by atoms with E-state index in [1.807, 2.05) is 33.0 Å². The van der Waals surface area contributed by atoms with E-state index in [1.165, 1.54) is 23.5 Å². The van der Waals surface area contributed by atoms with Gasteiger partial charge in [0.1, 0.15) is 17.4 Å². The zero-order valence-electron chi connectivity index (χ0n) is 16.2. The highest BCUT2D eigenvalue weighted by atomic mass is 32.1. The van der Waals surface area contributed by atoms with Crippen LogP contribution in [-0.4, -0.2) is 20.9 Å². The summed E-state index contributed by atoms with van der Waals surface area (Å²) in [7, 11) is 1.86. The number of fused-ring (bicyclic) bond motifs is 1. The maximum atomic E-state index is 13.3. The highest BCUT2D eigenvalue weighted by Crippen LogP contribution is 2.31. The molecule has 0 unspecified atom stereocenters. The van der Waals surface area contributed by atoms with Crippen LogP contribution < -0.4 is 5.32 Å². The number of nitrogens with zero attached hydrogens (tertiary/aromatic N) is 3. The normalized spacial score (nSPS) is 11.0. The third kappa shape index (κ3) is 3.97. The number of carbonyl (C=O) groups is 1. The number of aryl methyl sites for hydroxylation is 3. The maximum absolute atomic E-state index is 13.3. The van der Waals surface area contributed by atoms with Crippen LogP contribution in [0.3, 0.4) is 0 Å². The van der Waals surface area contributed by atoms with Crippen LogP contribution in [0.1, 0.15) is 16.1 Å². The monoisotopic (exact) mass is 410 g/mol. The highest BCUT2D eigenvalue weighted by Gasteiger charge is 2.14. The second-order valence-corrected chi connectivity index (χ2v) is 7.81. The van der Waals surface area contributed by atoms with Crippen LogP contribution >= 0.6 is 11.3 Å². The fourth-order valence-electron chi connectivity index (χ4n) is 3.07. The van der Waals surface area contributed by atoms with E-state index in [0.29, 0.717) is 5.69 Å². The number of hydrogen-bond donors (Lipinski definition) is 1. The molecular formula is C21H19FN4O2S. The van der Waals surface area contributed by atoms with Crippen molar-refractivity contribution in [2.75, 3.05) is 5.32 Å². The molecule has 0 saturated heterocycles. The summed E-state index contributed by atoms with van der Waals surface area (Å²) in [6.45, 7) is 3.83. The van der Waals surface area contributed by atoms with Crippen LogP contribution in [-0.2, 0) is 18.4 Å². The Bertz CT molecular complexity index is 1210. The number of aromatic nitrogens is 3. The number of thiazole rings is 1. The Kier molecular flexibility index (Phi) is 5.02. The minimum atomic E-state index is -0.541. The van der Waals surface area contributed by atoms with Crippen LogP contribution in [0, 0.1) is 19.7 Å². The van der Waals surface area contributed by atoms with Crippen molar-refractivity contribution < 1.29 is 13.9 Å². The summed E-state index contributed by atoms with van der Waals surface area (Å²) in [5.41, 5.74) is 4.10. The van der Waals surface area contributed by atoms with E-state index < -0.39 is 6.09 Å². The minimum absolute atomic E-state index is 0.116. The summed E-state index contributed by atoms with van der Waals surface area (Å²) in [6.07, 6.45) is 1.20. The smallest absolute Gasteiger partial charge is 0.411 e. The number of carbonyl (C=O) groups excluding carboxylic acids is 1. The predicted octanol–water partition coefficient (Wildman–Crippen LogP) is 5.20. The Labute approximate surface area is 171 Å². The van der Waals surface area contributed by atoms with Crippen LogP contribution in [0.4, 0.5) is 14.9 Å². The minimum Gasteiger partial charge on any atom is -0.444 e. The molecule has 0 atom stereocenters. The lowest BCUT2D eigenvalue weighted by Gasteiger charge is -2.06. The summed E-state index contributed by atoms with van der Waals surface area (Å²) >= 11 is 1.44. The van der Waals surface area contributed by atoms with Gasteiger partial charge in [0.2, 0.25) is 0 Å². The van der Waals surface area contributed by atoms with Crippen molar-refractivity contribution in [1.29, 1.82) is 0 Å². The van der Waals surface area contributed by atoms with Crippen molar-refractivity contribution in [3.05, 3.63) is 64.5 Å². The van der Waals surface area contributed by atoms with Gasteiger partial charge in [-0.2, -0.15) is 5.10 Å². The summed E-state index contributed by atoms with van der Waals surface area (Å²) in [5, 5.41) is 8.63. The van der Waals surface area contributed by atoms with Gasteiger partial charge in [0, 0.05) is 23.7 Å². The molecule has 0 spiro atoms. The van der Waals surface area contributed by atoms with E-state index in [4.69, 9.17) is 4.74 Å². The Hall–Kier alpha value is -3.26. The van der Waals surface area contributed by atoms with E-state index in [-0.39, 0.29) is 12.4 Å². The average Bonchev–Trinajstić information content (AvgIpc) is 3.22. The van der Waals surface area contributed by atoms with Gasteiger partial charge < -0.3 is 4.74 Å². The quantitative estimate of drug-likeness (QED) is 0.502. The molecule has 0 aliphatic carbocycles. The number of amides is 1. The first kappa shape index (κ1) is 19.1. The molecule has 0 fully saturated rings. The van der Waals surface area contributed by atoms with Crippen LogP contribution in [0.15, 0.2) is 42.6 Å². The lowest BCUT2D eigenvalue weighted by atomic mass is 10.1. The molecular weight excluding hydrogens is 391 g/mol. The third-order valence-corrected chi connectivity index (χ3v) is 5.80. The van der Waals surface area contributed by atoms with Crippen molar-refractivity contribution >= 4 is 34.0 Å². The molecule has 0 radical (unpaired) electrons. The maximum Gasteiger partial charge on any atom is 0.411 e. The Morgan fingerprint density at radius 1 is 1.24 bits per heavy atom. The van der Waals surface area contributed by atoms with Crippen molar-refractivity contribution in [3.8, 4) is 10.6 Å². The SMILES string of the molecule is Cc1cc(F)ccc1-c1nc(C)c(COC(=O)Nc2ccc3c(cnn3C)c2)s1. The molecule has 2 aromatic heterocycles. The van der Waals surface area contributed by atoms with Gasteiger partial charge >= 0.3 is 6.09 Å². The molecule has 1 amide bonds. The summed E-state index contributed by atoms with van der Waals surface area (Å²) in [4.78, 5) is 17.6.